The highest BCUT2D eigenvalue weighted by atomic mass is 16.5. The van der Waals surface area contributed by atoms with Gasteiger partial charge in [-0.05, 0) is 56.2 Å². The molecule has 1 aromatic heterocycles. The first-order valence-electron chi connectivity index (χ1n) is 9.39. The molecule has 2 aromatic rings. The van der Waals surface area contributed by atoms with Crippen LogP contribution < -0.4 is 15.4 Å². The minimum atomic E-state index is -0.275. The van der Waals surface area contributed by atoms with Crippen LogP contribution in [0.1, 0.15) is 55.9 Å². The minimum Gasteiger partial charge on any atom is -0.494 e. The summed E-state index contributed by atoms with van der Waals surface area (Å²) in [6.45, 7) is 2.55. The number of carbonyl (C=O) groups excluding carboxylic acids is 1. The molecule has 1 aromatic carbocycles. The van der Waals surface area contributed by atoms with Crippen LogP contribution >= 0.6 is 0 Å². The molecule has 1 heterocycles. The minimum absolute atomic E-state index is 0.275. The summed E-state index contributed by atoms with van der Waals surface area (Å²) in [6, 6.07) is 11.2. The van der Waals surface area contributed by atoms with Crippen LogP contribution in [0.3, 0.4) is 0 Å². The van der Waals surface area contributed by atoms with Crippen LogP contribution in [-0.2, 0) is 0 Å². The van der Waals surface area contributed by atoms with Gasteiger partial charge in [0.05, 0.1) is 6.61 Å². The van der Waals surface area contributed by atoms with Crippen molar-refractivity contribution in [3.63, 3.8) is 0 Å². The van der Waals surface area contributed by atoms with Gasteiger partial charge in [-0.1, -0.05) is 25.7 Å². The van der Waals surface area contributed by atoms with Crippen LogP contribution in [0.25, 0.3) is 0 Å². The molecule has 1 fully saturated rings. The van der Waals surface area contributed by atoms with Gasteiger partial charge in [0, 0.05) is 11.7 Å². The zero-order valence-corrected chi connectivity index (χ0v) is 15.2. The van der Waals surface area contributed by atoms with Gasteiger partial charge in [-0.15, -0.1) is 10.2 Å². The van der Waals surface area contributed by atoms with Gasteiger partial charge in [0.2, 0.25) is 0 Å². The highest BCUT2D eigenvalue weighted by Crippen LogP contribution is 2.20. The molecule has 0 unspecified atom stereocenters. The fraction of sp³-hybridized carbons (Fsp3) is 0.450. The zero-order chi connectivity index (χ0) is 18.2. The summed E-state index contributed by atoms with van der Waals surface area (Å²) in [4.78, 5) is 12.3. The molecule has 138 valence electrons. The fourth-order valence-electron chi connectivity index (χ4n) is 3.16. The lowest BCUT2D eigenvalue weighted by molar-refractivity contribution is 0.102. The van der Waals surface area contributed by atoms with Crippen molar-refractivity contribution in [1.82, 2.24) is 10.2 Å². The van der Waals surface area contributed by atoms with E-state index in [1.54, 1.807) is 18.2 Å². The van der Waals surface area contributed by atoms with E-state index < -0.39 is 0 Å². The van der Waals surface area contributed by atoms with Crippen LogP contribution in [0.4, 0.5) is 11.5 Å². The van der Waals surface area contributed by atoms with E-state index in [4.69, 9.17) is 4.74 Å². The Kier molecular flexibility index (Phi) is 6.41. The van der Waals surface area contributed by atoms with Crippen LogP contribution in [0.2, 0.25) is 0 Å². The Morgan fingerprint density at radius 3 is 2.38 bits per heavy atom. The summed E-state index contributed by atoms with van der Waals surface area (Å²) in [5.74, 6) is 1.23. The van der Waals surface area contributed by atoms with Crippen LogP contribution in [0.5, 0.6) is 5.75 Å². The number of ether oxygens (including phenoxy) is 1. The van der Waals surface area contributed by atoms with Crippen LogP contribution in [0.15, 0.2) is 36.4 Å². The average molecular weight is 354 g/mol. The van der Waals surface area contributed by atoms with Gasteiger partial charge in [0.25, 0.3) is 5.91 Å². The Balaban J connectivity index is 1.56. The first-order chi connectivity index (χ1) is 12.7. The van der Waals surface area contributed by atoms with E-state index >= 15 is 0 Å². The number of benzene rings is 1. The van der Waals surface area contributed by atoms with Gasteiger partial charge in [0.1, 0.15) is 11.6 Å². The molecule has 1 amide bonds. The van der Waals surface area contributed by atoms with Crippen LogP contribution in [0, 0.1) is 0 Å². The third-order valence-corrected chi connectivity index (χ3v) is 4.53. The van der Waals surface area contributed by atoms with Crippen molar-refractivity contribution in [2.45, 2.75) is 51.5 Å². The lowest BCUT2D eigenvalue weighted by atomic mass is 10.1. The number of hydrogen-bond acceptors (Lipinski definition) is 5. The van der Waals surface area contributed by atoms with Crippen molar-refractivity contribution in [1.29, 1.82) is 0 Å². The number of rotatable bonds is 6. The number of nitrogens with one attached hydrogen (secondary N) is 2. The van der Waals surface area contributed by atoms with Gasteiger partial charge in [0.15, 0.2) is 5.69 Å². The van der Waals surface area contributed by atoms with Crippen molar-refractivity contribution in [2.75, 3.05) is 17.2 Å². The molecular formula is C20H26N4O2. The number of anilines is 2. The second kappa shape index (κ2) is 9.17. The van der Waals surface area contributed by atoms with E-state index in [1.807, 2.05) is 25.1 Å². The predicted molar refractivity (Wildman–Crippen MR) is 103 cm³/mol. The topological polar surface area (TPSA) is 76.1 Å². The molecule has 2 N–H and O–H groups in total. The maximum Gasteiger partial charge on any atom is 0.276 e. The molecule has 1 aliphatic carbocycles. The number of carbonyl (C=O) groups is 1. The molecular weight excluding hydrogens is 328 g/mol. The molecule has 0 radical (unpaired) electrons. The van der Waals surface area contributed by atoms with Crippen LogP contribution in [-0.4, -0.2) is 28.8 Å². The van der Waals surface area contributed by atoms with Gasteiger partial charge in [-0.3, -0.25) is 4.79 Å². The van der Waals surface area contributed by atoms with E-state index in [1.165, 1.54) is 38.5 Å². The Morgan fingerprint density at radius 2 is 1.77 bits per heavy atom. The Morgan fingerprint density at radius 1 is 1.04 bits per heavy atom. The monoisotopic (exact) mass is 354 g/mol. The van der Waals surface area contributed by atoms with Gasteiger partial charge in [-0.2, -0.15) is 0 Å². The van der Waals surface area contributed by atoms with E-state index in [0.717, 1.165) is 11.6 Å². The molecule has 0 atom stereocenters. The van der Waals surface area contributed by atoms with Crippen molar-refractivity contribution in [3.05, 3.63) is 42.1 Å². The highest BCUT2D eigenvalue weighted by molar-refractivity contribution is 6.02. The number of nitrogens with zero attached hydrogens (tertiary/aromatic N) is 2. The number of aromatic nitrogens is 2. The zero-order valence-electron chi connectivity index (χ0n) is 15.2. The van der Waals surface area contributed by atoms with Gasteiger partial charge in [-0.25, -0.2) is 0 Å². The highest BCUT2D eigenvalue weighted by Gasteiger charge is 2.14. The summed E-state index contributed by atoms with van der Waals surface area (Å²) < 4.78 is 5.39. The number of amides is 1. The predicted octanol–water partition coefficient (Wildman–Crippen LogP) is 4.26. The summed E-state index contributed by atoms with van der Waals surface area (Å²) in [5.41, 5.74) is 0.992. The van der Waals surface area contributed by atoms with Gasteiger partial charge < -0.3 is 15.4 Å². The Hall–Kier alpha value is -2.63. The molecule has 1 saturated carbocycles. The average Bonchev–Trinajstić information content (AvgIpc) is 2.93. The quantitative estimate of drug-likeness (QED) is 0.758. The van der Waals surface area contributed by atoms with Crippen molar-refractivity contribution in [2.24, 2.45) is 0 Å². The lowest BCUT2D eigenvalue weighted by Crippen LogP contribution is -2.20. The third kappa shape index (κ3) is 5.18. The molecule has 0 aliphatic heterocycles. The van der Waals surface area contributed by atoms with E-state index in [0.29, 0.717) is 24.0 Å². The van der Waals surface area contributed by atoms with E-state index in [9.17, 15) is 4.79 Å². The summed E-state index contributed by atoms with van der Waals surface area (Å²) >= 11 is 0. The molecule has 0 bridgehead atoms. The van der Waals surface area contributed by atoms with E-state index in [2.05, 4.69) is 20.8 Å². The number of hydrogen-bond donors (Lipinski definition) is 2. The Labute approximate surface area is 154 Å². The summed E-state index contributed by atoms with van der Waals surface area (Å²) in [5, 5.41) is 14.5. The summed E-state index contributed by atoms with van der Waals surface area (Å²) in [7, 11) is 0. The van der Waals surface area contributed by atoms with Crippen molar-refractivity contribution in [3.8, 4) is 5.75 Å². The maximum absolute atomic E-state index is 12.3. The van der Waals surface area contributed by atoms with Gasteiger partial charge >= 0.3 is 0 Å². The standard InChI is InChI=1S/C20H26N4O2/c1-2-26-17-11-9-16(10-12-17)22-20(25)18-13-14-19(24-23-18)21-15-7-5-3-4-6-8-15/h9-15H,2-8H2,1H3,(H,21,24)(H,22,25). The molecule has 6 nitrogen and oxygen atoms in total. The maximum atomic E-state index is 12.3. The second-order valence-corrected chi connectivity index (χ2v) is 6.55. The SMILES string of the molecule is CCOc1ccc(NC(=O)c2ccc(NC3CCCCCC3)nn2)cc1. The summed E-state index contributed by atoms with van der Waals surface area (Å²) in [6.07, 6.45) is 7.48. The Bertz CT molecular complexity index is 693. The van der Waals surface area contributed by atoms with Crippen molar-refractivity contribution >= 4 is 17.4 Å². The molecule has 6 heteroatoms. The third-order valence-electron chi connectivity index (χ3n) is 4.53. The molecule has 1 aliphatic rings. The molecule has 0 spiro atoms. The largest absolute Gasteiger partial charge is 0.494 e. The van der Waals surface area contributed by atoms with E-state index in [-0.39, 0.29) is 5.91 Å². The molecule has 0 saturated heterocycles. The first-order valence-corrected chi connectivity index (χ1v) is 9.39. The second-order valence-electron chi connectivity index (χ2n) is 6.55. The fourth-order valence-corrected chi connectivity index (χ4v) is 3.16. The lowest BCUT2D eigenvalue weighted by Gasteiger charge is -2.16. The smallest absolute Gasteiger partial charge is 0.276 e. The normalized spacial score (nSPS) is 15.1. The molecule has 26 heavy (non-hydrogen) atoms. The molecule has 3 rings (SSSR count). The van der Waals surface area contributed by atoms with Crippen molar-refractivity contribution < 1.29 is 9.53 Å². The first kappa shape index (κ1) is 18.2.